The molecule has 6 nitrogen and oxygen atoms in total. The van der Waals surface area contributed by atoms with Crippen LogP contribution in [0.4, 0.5) is 0 Å². The molecule has 0 saturated heterocycles. The molecular formula is C19H27N5OS. The van der Waals surface area contributed by atoms with Crippen LogP contribution in [0.5, 0.6) is 0 Å². The average Bonchev–Trinajstić information content (AvgIpc) is 3.17. The quantitative estimate of drug-likeness (QED) is 0.637. The maximum Gasteiger partial charge on any atom is 0.168 e. The molecule has 1 aliphatic heterocycles. The Balaban J connectivity index is 1.58. The van der Waals surface area contributed by atoms with E-state index in [2.05, 4.69) is 36.2 Å². The Kier molecular flexibility index (Phi) is 4.94. The maximum atomic E-state index is 5.96. The summed E-state index contributed by atoms with van der Waals surface area (Å²) in [4.78, 5) is 11.7. The van der Waals surface area contributed by atoms with E-state index < -0.39 is 0 Å². The number of nitrogens with one attached hydrogen (secondary N) is 1. The molecule has 4 heterocycles. The van der Waals surface area contributed by atoms with E-state index in [1.165, 1.54) is 36.1 Å². The lowest BCUT2D eigenvalue weighted by molar-refractivity contribution is -0.0379. The first-order chi connectivity index (χ1) is 12.6. The van der Waals surface area contributed by atoms with Crippen molar-refractivity contribution in [3.05, 3.63) is 22.6 Å². The van der Waals surface area contributed by atoms with E-state index in [9.17, 15) is 0 Å². The lowest BCUT2D eigenvalue weighted by Crippen LogP contribution is -2.31. The third-order valence-corrected chi connectivity index (χ3v) is 6.06. The zero-order valence-corrected chi connectivity index (χ0v) is 16.7. The number of unbranched alkanes of at least 4 members (excludes halogenated alkanes) is 3. The van der Waals surface area contributed by atoms with E-state index in [-0.39, 0.29) is 5.60 Å². The number of hydrogen-bond donors (Lipinski definition) is 1. The Morgan fingerprint density at radius 3 is 3.04 bits per heavy atom. The molecule has 0 amide bonds. The summed E-state index contributed by atoms with van der Waals surface area (Å²) in [5.74, 6) is 0.834. The largest absolute Gasteiger partial charge is 0.370 e. The number of fused-ring (bicyclic) bond motifs is 5. The fourth-order valence-corrected chi connectivity index (χ4v) is 4.60. The third-order valence-electron chi connectivity index (χ3n) is 4.94. The predicted molar refractivity (Wildman–Crippen MR) is 105 cm³/mol. The SMILES string of the molecule is CCCCCCNCc1nc2c3c4c(sc3ncn2n1)COC(C)(C)C4. The van der Waals surface area contributed by atoms with E-state index >= 15 is 0 Å². The highest BCUT2D eigenvalue weighted by atomic mass is 32.1. The summed E-state index contributed by atoms with van der Waals surface area (Å²) in [5, 5.41) is 9.24. The van der Waals surface area contributed by atoms with Crippen LogP contribution in [-0.2, 0) is 24.3 Å². The number of thiophene rings is 1. The standard InChI is InChI=1S/C19H27N5OS/c1-4-5-6-7-8-20-10-15-22-17-16-13-9-19(2,3)25-11-14(13)26-18(16)21-12-24(17)23-15/h12,20H,4-11H2,1-3H3. The van der Waals surface area contributed by atoms with E-state index in [0.717, 1.165) is 34.7 Å². The summed E-state index contributed by atoms with van der Waals surface area (Å²) in [5.41, 5.74) is 2.12. The van der Waals surface area contributed by atoms with Crippen LogP contribution < -0.4 is 5.32 Å². The molecule has 0 aromatic carbocycles. The molecule has 0 fully saturated rings. The lowest BCUT2D eigenvalue weighted by atomic mass is 9.94. The Bertz CT molecular complexity index is 914. The van der Waals surface area contributed by atoms with Gasteiger partial charge in [-0.1, -0.05) is 26.2 Å². The van der Waals surface area contributed by atoms with Gasteiger partial charge in [-0.15, -0.1) is 16.4 Å². The molecule has 0 spiro atoms. The first kappa shape index (κ1) is 17.8. The van der Waals surface area contributed by atoms with Crippen molar-refractivity contribution in [2.24, 2.45) is 0 Å². The van der Waals surface area contributed by atoms with Crippen LogP contribution >= 0.6 is 11.3 Å². The minimum Gasteiger partial charge on any atom is -0.370 e. The molecule has 4 rings (SSSR count). The molecule has 3 aromatic rings. The van der Waals surface area contributed by atoms with Crippen molar-refractivity contribution in [2.75, 3.05) is 6.54 Å². The van der Waals surface area contributed by atoms with Gasteiger partial charge in [-0.2, -0.15) is 0 Å². The normalized spacial score (nSPS) is 16.4. The van der Waals surface area contributed by atoms with Crippen molar-refractivity contribution in [1.82, 2.24) is 24.9 Å². The zero-order chi connectivity index (χ0) is 18.1. The van der Waals surface area contributed by atoms with Crippen LogP contribution in [0.25, 0.3) is 15.9 Å². The van der Waals surface area contributed by atoms with Gasteiger partial charge in [0.05, 0.1) is 24.1 Å². The van der Waals surface area contributed by atoms with Gasteiger partial charge < -0.3 is 10.1 Å². The van der Waals surface area contributed by atoms with Gasteiger partial charge in [0.15, 0.2) is 11.5 Å². The van der Waals surface area contributed by atoms with Gasteiger partial charge in [0.1, 0.15) is 11.2 Å². The minimum atomic E-state index is -0.142. The van der Waals surface area contributed by atoms with E-state index in [4.69, 9.17) is 9.72 Å². The fraction of sp³-hybridized carbons (Fsp3) is 0.632. The molecule has 0 saturated carbocycles. The first-order valence-electron chi connectivity index (χ1n) is 9.56. The summed E-state index contributed by atoms with van der Waals surface area (Å²) in [6, 6.07) is 0. The van der Waals surface area contributed by atoms with Gasteiger partial charge in [0, 0.05) is 11.3 Å². The van der Waals surface area contributed by atoms with Gasteiger partial charge in [0.2, 0.25) is 0 Å². The summed E-state index contributed by atoms with van der Waals surface area (Å²) < 4.78 is 7.79. The number of aromatic nitrogens is 4. The van der Waals surface area contributed by atoms with Crippen molar-refractivity contribution in [3.63, 3.8) is 0 Å². The van der Waals surface area contributed by atoms with Crippen molar-refractivity contribution < 1.29 is 4.74 Å². The highest BCUT2D eigenvalue weighted by Crippen LogP contribution is 2.39. The van der Waals surface area contributed by atoms with Crippen molar-refractivity contribution in [3.8, 4) is 0 Å². The van der Waals surface area contributed by atoms with E-state index in [0.29, 0.717) is 13.2 Å². The second kappa shape index (κ2) is 7.21. The average molecular weight is 374 g/mol. The molecule has 26 heavy (non-hydrogen) atoms. The van der Waals surface area contributed by atoms with Crippen LogP contribution in [0.1, 0.15) is 62.7 Å². The molecule has 0 aliphatic carbocycles. The van der Waals surface area contributed by atoms with Crippen molar-refractivity contribution in [1.29, 1.82) is 0 Å². The lowest BCUT2D eigenvalue weighted by Gasteiger charge is -2.30. The van der Waals surface area contributed by atoms with Crippen molar-refractivity contribution >= 4 is 27.2 Å². The monoisotopic (exact) mass is 373 g/mol. The van der Waals surface area contributed by atoms with Crippen LogP contribution in [0, 0.1) is 0 Å². The molecule has 7 heteroatoms. The maximum absolute atomic E-state index is 5.96. The Labute approximate surface area is 158 Å². The van der Waals surface area contributed by atoms with Crippen LogP contribution in [0.15, 0.2) is 6.33 Å². The molecule has 3 aromatic heterocycles. The van der Waals surface area contributed by atoms with Crippen LogP contribution in [0.3, 0.4) is 0 Å². The molecule has 0 unspecified atom stereocenters. The minimum absolute atomic E-state index is 0.142. The van der Waals surface area contributed by atoms with Gasteiger partial charge in [-0.3, -0.25) is 0 Å². The Morgan fingerprint density at radius 2 is 2.19 bits per heavy atom. The Hall–Kier alpha value is -1.57. The second-order valence-electron chi connectivity index (χ2n) is 7.69. The summed E-state index contributed by atoms with van der Waals surface area (Å²) in [6.07, 6.45) is 7.74. The number of rotatable bonds is 7. The summed E-state index contributed by atoms with van der Waals surface area (Å²) in [6.45, 7) is 8.91. The molecular weight excluding hydrogens is 346 g/mol. The molecule has 0 bridgehead atoms. The van der Waals surface area contributed by atoms with Gasteiger partial charge in [-0.05, 0) is 32.4 Å². The van der Waals surface area contributed by atoms with E-state index in [1.807, 2.05) is 4.52 Å². The molecule has 0 radical (unpaired) electrons. The number of nitrogens with zero attached hydrogens (tertiary/aromatic N) is 4. The fourth-order valence-electron chi connectivity index (χ4n) is 3.54. The smallest absolute Gasteiger partial charge is 0.168 e. The second-order valence-corrected chi connectivity index (χ2v) is 8.77. The number of hydrogen-bond acceptors (Lipinski definition) is 6. The zero-order valence-electron chi connectivity index (χ0n) is 15.8. The summed E-state index contributed by atoms with van der Waals surface area (Å²) >= 11 is 1.72. The molecule has 0 atom stereocenters. The first-order valence-corrected chi connectivity index (χ1v) is 10.4. The van der Waals surface area contributed by atoms with Gasteiger partial charge in [0.25, 0.3) is 0 Å². The van der Waals surface area contributed by atoms with E-state index in [1.54, 1.807) is 17.7 Å². The van der Waals surface area contributed by atoms with Crippen LogP contribution in [0.2, 0.25) is 0 Å². The highest BCUT2D eigenvalue weighted by Gasteiger charge is 2.30. The summed E-state index contributed by atoms with van der Waals surface area (Å²) in [7, 11) is 0. The number of ether oxygens (including phenoxy) is 1. The predicted octanol–water partition coefficient (Wildman–Crippen LogP) is 3.86. The van der Waals surface area contributed by atoms with Crippen LogP contribution in [-0.4, -0.2) is 31.7 Å². The van der Waals surface area contributed by atoms with Gasteiger partial charge in [-0.25, -0.2) is 14.5 Å². The topological polar surface area (TPSA) is 64.3 Å². The van der Waals surface area contributed by atoms with Gasteiger partial charge >= 0.3 is 0 Å². The molecule has 1 N–H and O–H groups in total. The Morgan fingerprint density at radius 1 is 1.31 bits per heavy atom. The highest BCUT2D eigenvalue weighted by molar-refractivity contribution is 7.19. The third kappa shape index (κ3) is 3.48. The molecule has 140 valence electrons. The van der Waals surface area contributed by atoms with Crippen molar-refractivity contribution in [2.45, 2.75) is 71.6 Å². The molecule has 1 aliphatic rings.